The Balaban J connectivity index is 1.88. The molecular formula is C17H24N4OS. The molecule has 1 saturated heterocycles. The lowest BCUT2D eigenvalue weighted by molar-refractivity contribution is 0.121. The molecule has 0 aliphatic carbocycles. The minimum atomic E-state index is 0.534. The van der Waals surface area contributed by atoms with Crippen molar-refractivity contribution in [3.05, 3.63) is 35.9 Å². The van der Waals surface area contributed by atoms with Gasteiger partial charge < -0.3 is 9.64 Å². The molecule has 0 saturated carbocycles. The van der Waals surface area contributed by atoms with Crippen molar-refractivity contribution in [1.29, 1.82) is 0 Å². The van der Waals surface area contributed by atoms with Crippen LogP contribution in [0.1, 0.15) is 25.8 Å². The van der Waals surface area contributed by atoms with E-state index in [9.17, 15) is 0 Å². The fraction of sp³-hybridized carbons (Fsp3) is 0.529. The third kappa shape index (κ3) is 4.06. The zero-order valence-corrected chi connectivity index (χ0v) is 14.6. The molecule has 2 heterocycles. The molecule has 2 aromatic rings. The molecule has 1 unspecified atom stereocenters. The van der Waals surface area contributed by atoms with Gasteiger partial charge in [-0.3, -0.25) is 4.57 Å². The van der Waals surface area contributed by atoms with Crippen molar-refractivity contribution in [2.24, 2.45) is 0 Å². The second-order valence-corrected chi connectivity index (χ2v) is 7.20. The van der Waals surface area contributed by atoms with Crippen LogP contribution in [0.5, 0.6) is 0 Å². The monoisotopic (exact) mass is 332 g/mol. The first-order valence-corrected chi connectivity index (χ1v) is 9.12. The summed E-state index contributed by atoms with van der Waals surface area (Å²) in [6, 6.07) is 10.5. The number of anilines is 1. The Hall–Kier alpha value is -1.53. The first-order valence-electron chi connectivity index (χ1n) is 8.24. The van der Waals surface area contributed by atoms with Crippen LogP contribution in [0.3, 0.4) is 0 Å². The molecule has 1 aliphatic heterocycles. The van der Waals surface area contributed by atoms with E-state index in [1.54, 1.807) is 11.8 Å². The van der Waals surface area contributed by atoms with Crippen LogP contribution < -0.4 is 4.90 Å². The van der Waals surface area contributed by atoms with Crippen LogP contribution in [0, 0.1) is 0 Å². The Bertz CT molecular complexity index is 610. The van der Waals surface area contributed by atoms with E-state index >= 15 is 0 Å². The molecule has 1 atom stereocenters. The van der Waals surface area contributed by atoms with E-state index in [1.807, 2.05) is 6.07 Å². The minimum Gasteiger partial charge on any atom is -0.378 e. The molecule has 0 bridgehead atoms. The normalized spacial score (nSPS) is 16.5. The average molecular weight is 332 g/mol. The van der Waals surface area contributed by atoms with Crippen molar-refractivity contribution in [3.63, 3.8) is 0 Å². The number of nitrogens with zero attached hydrogens (tertiary/aromatic N) is 4. The Morgan fingerprint density at radius 3 is 2.61 bits per heavy atom. The summed E-state index contributed by atoms with van der Waals surface area (Å²) >= 11 is 1.81. The van der Waals surface area contributed by atoms with Gasteiger partial charge in [0.1, 0.15) is 0 Å². The summed E-state index contributed by atoms with van der Waals surface area (Å²) < 4.78 is 7.71. The van der Waals surface area contributed by atoms with Gasteiger partial charge in [-0.1, -0.05) is 55.9 Å². The molecule has 1 aromatic heterocycles. The predicted molar refractivity (Wildman–Crippen MR) is 94.2 cm³/mol. The smallest absolute Gasteiger partial charge is 0.228 e. The van der Waals surface area contributed by atoms with Crippen LogP contribution in [0.25, 0.3) is 0 Å². The van der Waals surface area contributed by atoms with Crippen molar-refractivity contribution < 1.29 is 4.74 Å². The number of ether oxygens (including phenoxy) is 1. The lowest BCUT2D eigenvalue weighted by Gasteiger charge is -2.28. The topological polar surface area (TPSA) is 43.2 Å². The molecule has 0 amide bonds. The van der Waals surface area contributed by atoms with Crippen LogP contribution in [0.15, 0.2) is 35.5 Å². The first kappa shape index (κ1) is 16.3. The third-order valence-corrected chi connectivity index (χ3v) is 5.30. The number of morpholine rings is 1. The van der Waals surface area contributed by atoms with Crippen molar-refractivity contribution in [1.82, 2.24) is 14.8 Å². The highest BCUT2D eigenvalue weighted by molar-refractivity contribution is 7.99. The summed E-state index contributed by atoms with van der Waals surface area (Å²) in [7, 11) is 0. The molecule has 3 rings (SSSR count). The number of benzene rings is 1. The van der Waals surface area contributed by atoms with E-state index < -0.39 is 0 Å². The van der Waals surface area contributed by atoms with Gasteiger partial charge in [-0.2, -0.15) is 0 Å². The van der Waals surface area contributed by atoms with E-state index in [0.717, 1.165) is 50.4 Å². The van der Waals surface area contributed by atoms with E-state index in [2.05, 4.69) is 57.8 Å². The van der Waals surface area contributed by atoms with E-state index in [4.69, 9.17) is 4.74 Å². The second-order valence-electron chi connectivity index (χ2n) is 5.79. The molecule has 124 valence electrons. The zero-order chi connectivity index (χ0) is 16.1. The molecule has 1 fully saturated rings. The Morgan fingerprint density at radius 1 is 1.17 bits per heavy atom. The maximum Gasteiger partial charge on any atom is 0.228 e. The summed E-state index contributed by atoms with van der Waals surface area (Å²) in [6.45, 7) is 8.51. The van der Waals surface area contributed by atoms with Crippen LogP contribution >= 0.6 is 11.8 Å². The molecule has 1 aromatic carbocycles. The predicted octanol–water partition coefficient (Wildman–Crippen LogP) is 3.05. The van der Waals surface area contributed by atoms with Gasteiger partial charge in [0.05, 0.1) is 19.8 Å². The first-order chi connectivity index (χ1) is 11.3. The zero-order valence-electron chi connectivity index (χ0n) is 13.8. The van der Waals surface area contributed by atoms with Gasteiger partial charge in [-0.25, -0.2) is 0 Å². The summed E-state index contributed by atoms with van der Waals surface area (Å²) in [5.41, 5.74) is 1.27. The van der Waals surface area contributed by atoms with Crippen molar-refractivity contribution >= 4 is 17.7 Å². The number of hydrogen-bond donors (Lipinski definition) is 0. The van der Waals surface area contributed by atoms with Gasteiger partial charge in [0.2, 0.25) is 5.95 Å². The van der Waals surface area contributed by atoms with Crippen LogP contribution in [0.4, 0.5) is 5.95 Å². The van der Waals surface area contributed by atoms with Gasteiger partial charge in [-0.05, 0) is 12.0 Å². The van der Waals surface area contributed by atoms with E-state index in [0.29, 0.717) is 5.25 Å². The Labute approximate surface area is 142 Å². The molecular weight excluding hydrogens is 308 g/mol. The lowest BCUT2D eigenvalue weighted by Crippen LogP contribution is -2.38. The Kier molecular flexibility index (Phi) is 5.56. The number of hydrogen-bond acceptors (Lipinski definition) is 5. The molecule has 5 nitrogen and oxygen atoms in total. The standard InChI is InChI=1S/C17H24N4OS/c1-3-14(2)23-17-19-18-16(20-9-11-22-12-10-20)21(17)13-15-7-5-4-6-8-15/h4-8,14H,3,9-13H2,1-2H3. The quantitative estimate of drug-likeness (QED) is 0.761. The molecule has 23 heavy (non-hydrogen) atoms. The van der Waals surface area contributed by atoms with Crippen molar-refractivity contribution in [2.75, 3.05) is 31.2 Å². The second kappa shape index (κ2) is 7.84. The van der Waals surface area contributed by atoms with Gasteiger partial charge >= 0.3 is 0 Å². The van der Waals surface area contributed by atoms with Gasteiger partial charge in [0, 0.05) is 18.3 Å². The molecule has 0 radical (unpaired) electrons. The summed E-state index contributed by atoms with van der Waals surface area (Å²) in [5, 5.41) is 10.5. The summed E-state index contributed by atoms with van der Waals surface area (Å²) in [4.78, 5) is 2.28. The van der Waals surface area contributed by atoms with Crippen molar-refractivity contribution in [2.45, 2.75) is 37.2 Å². The largest absolute Gasteiger partial charge is 0.378 e. The summed E-state index contributed by atoms with van der Waals surface area (Å²) in [6.07, 6.45) is 1.12. The fourth-order valence-corrected chi connectivity index (χ4v) is 3.42. The Morgan fingerprint density at radius 2 is 1.91 bits per heavy atom. The fourth-order valence-electron chi connectivity index (χ4n) is 2.53. The lowest BCUT2D eigenvalue weighted by atomic mass is 10.2. The van der Waals surface area contributed by atoms with Crippen LogP contribution in [0.2, 0.25) is 0 Å². The number of thioether (sulfide) groups is 1. The molecule has 6 heteroatoms. The van der Waals surface area contributed by atoms with E-state index in [1.165, 1.54) is 5.56 Å². The highest BCUT2D eigenvalue weighted by Crippen LogP contribution is 2.28. The van der Waals surface area contributed by atoms with Gasteiger partial charge in [0.25, 0.3) is 0 Å². The SMILES string of the molecule is CCC(C)Sc1nnc(N2CCOCC2)n1Cc1ccccc1. The third-order valence-electron chi connectivity index (χ3n) is 4.06. The average Bonchev–Trinajstić information content (AvgIpc) is 2.99. The molecule has 1 aliphatic rings. The highest BCUT2D eigenvalue weighted by Gasteiger charge is 2.21. The van der Waals surface area contributed by atoms with Crippen LogP contribution in [-0.2, 0) is 11.3 Å². The highest BCUT2D eigenvalue weighted by atomic mass is 32.2. The van der Waals surface area contributed by atoms with Crippen molar-refractivity contribution in [3.8, 4) is 0 Å². The van der Waals surface area contributed by atoms with Crippen LogP contribution in [-0.4, -0.2) is 46.3 Å². The summed E-state index contributed by atoms with van der Waals surface area (Å²) in [5.74, 6) is 0.961. The van der Waals surface area contributed by atoms with Gasteiger partial charge in [-0.15, -0.1) is 10.2 Å². The number of aromatic nitrogens is 3. The molecule has 0 spiro atoms. The minimum absolute atomic E-state index is 0.534. The number of rotatable bonds is 6. The maximum atomic E-state index is 5.46. The maximum absolute atomic E-state index is 5.46. The van der Waals surface area contributed by atoms with Gasteiger partial charge in [0.15, 0.2) is 5.16 Å². The molecule has 0 N–H and O–H groups in total. The van der Waals surface area contributed by atoms with E-state index in [-0.39, 0.29) is 0 Å².